The molecule has 8 heteroatoms. The number of halogens is 1. The number of benzene rings is 1. The number of amides is 1. The monoisotopic (exact) mass is 368 g/mol. The minimum Gasteiger partial charge on any atom is -0.356 e. The highest BCUT2D eigenvalue weighted by atomic mass is 19.1. The number of fused-ring (bicyclic) bond motifs is 1. The lowest BCUT2D eigenvalue weighted by Crippen LogP contribution is -2.25. The van der Waals surface area contributed by atoms with Gasteiger partial charge in [0.25, 0.3) is 0 Å². The zero-order valence-corrected chi connectivity index (χ0v) is 14.9. The van der Waals surface area contributed by atoms with E-state index in [1.165, 1.54) is 36.0 Å². The van der Waals surface area contributed by atoms with Crippen LogP contribution in [0.5, 0.6) is 0 Å². The molecule has 1 aromatic carbocycles. The van der Waals surface area contributed by atoms with Gasteiger partial charge in [0.2, 0.25) is 5.91 Å². The van der Waals surface area contributed by atoms with Gasteiger partial charge in [-0.3, -0.25) is 4.79 Å². The van der Waals surface area contributed by atoms with Gasteiger partial charge in [0, 0.05) is 13.1 Å². The smallest absolute Gasteiger partial charge is 0.246 e. The Morgan fingerprint density at radius 2 is 1.89 bits per heavy atom. The van der Waals surface area contributed by atoms with E-state index in [0.29, 0.717) is 5.65 Å². The average molecular weight is 368 g/mol. The molecular weight excluding hydrogens is 347 g/mol. The maximum Gasteiger partial charge on any atom is 0.246 e. The van der Waals surface area contributed by atoms with Crippen LogP contribution in [-0.4, -0.2) is 38.7 Å². The standard InChI is InChI=1S/C19H21FN6O/c20-15-7-3-4-8-16(15)24-17(27)12-26-19-14(11-23-26)18(21-13-22-19)25-9-5-1-2-6-10-25/h3-4,7-8,11,13H,1-2,5-6,9-10,12H2,(H,24,27). The van der Waals surface area contributed by atoms with Crippen molar-refractivity contribution in [2.24, 2.45) is 0 Å². The molecule has 1 N–H and O–H groups in total. The van der Waals surface area contributed by atoms with Gasteiger partial charge < -0.3 is 10.2 Å². The maximum absolute atomic E-state index is 13.7. The molecule has 0 radical (unpaired) electrons. The van der Waals surface area contributed by atoms with Crippen LogP contribution in [0.3, 0.4) is 0 Å². The molecule has 0 unspecified atom stereocenters. The van der Waals surface area contributed by atoms with Crippen LogP contribution in [0.2, 0.25) is 0 Å². The molecule has 1 saturated heterocycles. The van der Waals surface area contributed by atoms with Crippen molar-refractivity contribution in [2.45, 2.75) is 32.2 Å². The summed E-state index contributed by atoms with van der Waals surface area (Å²) in [5.41, 5.74) is 0.756. The number of para-hydroxylation sites is 1. The van der Waals surface area contributed by atoms with Crippen molar-refractivity contribution in [3.05, 3.63) is 42.6 Å². The Labute approximate surface area is 156 Å². The molecule has 0 aliphatic carbocycles. The number of nitrogens with zero attached hydrogens (tertiary/aromatic N) is 5. The molecule has 7 nitrogen and oxygen atoms in total. The van der Waals surface area contributed by atoms with Crippen molar-refractivity contribution in [3.8, 4) is 0 Å². The van der Waals surface area contributed by atoms with Crippen molar-refractivity contribution in [1.82, 2.24) is 19.7 Å². The van der Waals surface area contributed by atoms with Crippen LogP contribution in [0.1, 0.15) is 25.7 Å². The fourth-order valence-corrected chi connectivity index (χ4v) is 3.42. The lowest BCUT2D eigenvalue weighted by molar-refractivity contribution is -0.116. The Kier molecular flexibility index (Phi) is 4.95. The average Bonchev–Trinajstić information content (AvgIpc) is 2.90. The predicted octanol–water partition coefficient (Wildman–Crippen LogP) is 2.98. The van der Waals surface area contributed by atoms with E-state index >= 15 is 0 Å². The zero-order chi connectivity index (χ0) is 18.6. The molecule has 1 aliphatic heterocycles. The number of carbonyl (C=O) groups excluding carboxylic acids is 1. The van der Waals surface area contributed by atoms with E-state index in [4.69, 9.17) is 0 Å². The molecule has 4 rings (SSSR count). The molecule has 1 amide bonds. The summed E-state index contributed by atoms with van der Waals surface area (Å²) in [7, 11) is 0. The van der Waals surface area contributed by atoms with Crippen LogP contribution in [0.15, 0.2) is 36.8 Å². The van der Waals surface area contributed by atoms with Gasteiger partial charge in [0.05, 0.1) is 17.3 Å². The molecule has 27 heavy (non-hydrogen) atoms. The number of hydrogen-bond acceptors (Lipinski definition) is 5. The second-order valence-electron chi connectivity index (χ2n) is 6.67. The first kappa shape index (κ1) is 17.4. The summed E-state index contributed by atoms with van der Waals surface area (Å²) in [5.74, 6) is 0.0321. The Morgan fingerprint density at radius 1 is 1.11 bits per heavy atom. The number of hydrogen-bond donors (Lipinski definition) is 1. The van der Waals surface area contributed by atoms with Crippen molar-refractivity contribution in [3.63, 3.8) is 0 Å². The Balaban J connectivity index is 1.55. The second kappa shape index (κ2) is 7.69. The number of aromatic nitrogens is 4. The van der Waals surface area contributed by atoms with Gasteiger partial charge in [-0.1, -0.05) is 25.0 Å². The van der Waals surface area contributed by atoms with Gasteiger partial charge in [0.15, 0.2) is 5.65 Å². The Bertz CT molecular complexity index is 948. The van der Waals surface area contributed by atoms with Crippen molar-refractivity contribution < 1.29 is 9.18 Å². The Morgan fingerprint density at radius 3 is 2.67 bits per heavy atom. The van der Waals surface area contributed by atoms with Crippen LogP contribution in [-0.2, 0) is 11.3 Å². The van der Waals surface area contributed by atoms with Crippen molar-refractivity contribution >= 4 is 28.4 Å². The highest BCUT2D eigenvalue weighted by Crippen LogP contribution is 2.25. The van der Waals surface area contributed by atoms with Crippen LogP contribution < -0.4 is 10.2 Å². The third kappa shape index (κ3) is 3.74. The summed E-state index contributed by atoms with van der Waals surface area (Å²) >= 11 is 0. The lowest BCUT2D eigenvalue weighted by Gasteiger charge is -2.21. The van der Waals surface area contributed by atoms with Gasteiger partial charge in [0.1, 0.15) is 24.5 Å². The van der Waals surface area contributed by atoms with Crippen LogP contribution in [0.25, 0.3) is 11.0 Å². The first-order chi connectivity index (χ1) is 13.2. The fourth-order valence-electron chi connectivity index (χ4n) is 3.42. The summed E-state index contributed by atoms with van der Waals surface area (Å²) < 4.78 is 15.2. The first-order valence-electron chi connectivity index (χ1n) is 9.18. The molecule has 1 fully saturated rings. The van der Waals surface area contributed by atoms with Crippen LogP contribution >= 0.6 is 0 Å². The molecule has 3 aromatic rings. The van der Waals surface area contributed by atoms with Gasteiger partial charge >= 0.3 is 0 Å². The van der Waals surface area contributed by atoms with E-state index in [1.807, 2.05) is 0 Å². The van der Waals surface area contributed by atoms with E-state index in [1.54, 1.807) is 18.3 Å². The molecule has 0 atom stereocenters. The highest BCUT2D eigenvalue weighted by molar-refractivity contribution is 5.92. The first-order valence-corrected chi connectivity index (χ1v) is 9.18. The third-order valence-electron chi connectivity index (χ3n) is 4.76. The Hall–Kier alpha value is -3.03. The molecule has 0 spiro atoms. The predicted molar refractivity (Wildman–Crippen MR) is 101 cm³/mol. The highest BCUT2D eigenvalue weighted by Gasteiger charge is 2.18. The number of rotatable bonds is 4. The van der Waals surface area contributed by atoms with Crippen LogP contribution in [0, 0.1) is 5.82 Å². The summed E-state index contributed by atoms with van der Waals surface area (Å²) in [6.07, 6.45) is 7.97. The molecule has 0 saturated carbocycles. The van der Waals surface area contributed by atoms with E-state index in [-0.39, 0.29) is 18.1 Å². The van der Waals surface area contributed by atoms with E-state index in [0.717, 1.165) is 37.1 Å². The van der Waals surface area contributed by atoms with Gasteiger partial charge in [-0.05, 0) is 25.0 Å². The minimum atomic E-state index is -0.470. The number of carbonyl (C=O) groups is 1. The van der Waals surface area contributed by atoms with E-state index in [9.17, 15) is 9.18 Å². The number of nitrogens with one attached hydrogen (secondary N) is 1. The van der Waals surface area contributed by atoms with Gasteiger partial charge in [-0.25, -0.2) is 19.0 Å². The largest absolute Gasteiger partial charge is 0.356 e. The second-order valence-corrected chi connectivity index (χ2v) is 6.67. The van der Waals surface area contributed by atoms with E-state index < -0.39 is 5.82 Å². The summed E-state index contributed by atoms with van der Waals surface area (Å²) in [4.78, 5) is 23.3. The summed E-state index contributed by atoms with van der Waals surface area (Å²) in [6, 6.07) is 6.07. The molecule has 0 bridgehead atoms. The summed E-state index contributed by atoms with van der Waals surface area (Å²) in [6.45, 7) is 1.88. The quantitative estimate of drug-likeness (QED) is 0.766. The minimum absolute atomic E-state index is 0.0473. The topological polar surface area (TPSA) is 75.9 Å². The van der Waals surface area contributed by atoms with E-state index in [2.05, 4.69) is 25.3 Å². The molecule has 1 aliphatic rings. The normalized spacial score (nSPS) is 14.9. The van der Waals surface area contributed by atoms with Gasteiger partial charge in [-0.2, -0.15) is 5.10 Å². The SMILES string of the molecule is O=C(Cn1ncc2c(N3CCCCCC3)ncnc21)Nc1ccccc1F. The maximum atomic E-state index is 13.7. The van der Waals surface area contributed by atoms with Crippen molar-refractivity contribution in [2.75, 3.05) is 23.3 Å². The number of anilines is 2. The van der Waals surface area contributed by atoms with Crippen molar-refractivity contribution in [1.29, 1.82) is 0 Å². The van der Waals surface area contributed by atoms with Crippen LogP contribution in [0.4, 0.5) is 15.9 Å². The summed E-state index contributed by atoms with van der Waals surface area (Å²) in [5, 5.41) is 7.71. The molecule has 140 valence electrons. The third-order valence-corrected chi connectivity index (χ3v) is 4.76. The lowest BCUT2D eigenvalue weighted by atomic mass is 10.2. The molecular formula is C19H21FN6O. The van der Waals surface area contributed by atoms with Gasteiger partial charge in [-0.15, -0.1) is 0 Å². The molecule has 3 heterocycles. The zero-order valence-electron chi connectivity index (χ0n) is 14.9. The fraction of sp³-hybridized carbons (Fsp3) is 0.368. The molecule has 2 aromatic heterocycles.